The highest BCUT2D eigenvalue weighted by atomic mass is 16.5. The third-order valence-corrected chi connectivity index (χ3v) is 7.81. The van der Waals surface area contributed by atoms with E-state index in [-0.39, 0.29) is 29.4 Å². The van der Waals surface area contributed by atoms with Gasteiger partial charge in [-0.3, -0.25) is 9.59 Å². The SMILES string of the molecule is CCCCCCC(C)(C)c1ccc([C@@H]2C[C@H](OC(=O)CC)CCN2C(=O)CC)c(OCc2ccccc2)c1. The van der Waals surface area contributed by atoms with Crippen molar-refractivity contribution in [1.82, 2.24) is 4.90 Å². The molecule has 0 aliphatic carbocycles. The first-order chi connectivity index (χ1) is 18.3. The molecule has 2 atom stereocenters. The molecule has 38 heavy (non-hydrogen) atoms. The summed E-state index contributed by atoms with van der Waals surface area (Å²) in [6.07, 6.45) is 7.91. The molecule has 5 nitrogen and oxygen atoms in total. The number of benzene rings is 2. The van der Waals surface area contributed by atoms with Gasteiger partial charge >= 0.3 is 5.97 Å². The van der Waals surface area contributed by atoms with Crippen molar-refractivity contribution in [2.75, 3.05) is 6.54 Å². The number of likely N-dealkylation sites (tertiary alicyclic amines) is 1. The Hall–Kier alpha value is -2.82. The van der Waals surface area contributed by atoms with Crippen molar-refractivity contribution in [3.8, 4) is 5.75 Å². The predicted molar refractivity (Wildman–Crippen MR) is 153 cm³/mol. The van der Waals surface area contributed by atoms with Crippen LogP contribution in [0.2, 0.25) is 0 Å². The fourth-order valence-electron chi connectivity index (χ4n) is 5.33. The van der Waals surface area contributed by atoms with Gasteiger partial charge in [0.1, 0.15) is 18.5 Å². The molecule has 0 unspecified atom stereocenters. The Morgan fingerprint density at radius 3 is 2.42 bits per heavy atom. The fraction of sp³-hybridized carbons (Fsp3) is 0.576. The van der Waals surface area contributed by atoms with E-state index in [2.05, 4.69) is 51.1 Å². The van der Waals surface area contributed by atoms with Crippen LogP contribution < -0.4 is 4.74 Å². The number of hydrogen-bond acceptors (Lipinski definition) is 4. The summed E-state index contributed by atoms with van der Waals surface area (Å²) in [6.45, 7) is 11.6. The van der Waals surface area contributed by atoms with E-state index in [0.717, 1.165) is 23.3 Å². The van der Waals surface area contributed by atoms with Gasteiger partial charge in [0.05, 0.1) is 6.04 Å². The minimum Gasteiger partial charge on any atom is -0.489 e. The molecule has 1 saturated heterocycles. The number of esters is 1. The van der Waals surface area contributed by atoms with Gasteiger partial charge < -0.3 is 14.4 Å². The van der Waals surface area contributed by atoms with E-state index >= 15 is 0 Å². The lowest BCUT2D eigenvalue weighted by Gasteiger charge is -2.40. The van der Waals surface area contributed by atoms with Crippen LogP contribution in [0, 0.1) is 0 Å². The molecular formula is C33H47NO4. The molecule has 0 radical (unpaired) electrons. The van der Waals surface area contributed by atoms with Crippen LogP contribution in [0.3, 0.4) is 0 Å². The maximum absolute atomic E-state index is 13.0. The molecule has 3 rings (SSSR count). The number of ether oxygens (including phenoxy) is 2. The molecular weight excluding hydrogens is 474 g/mol. The Morgan fingerprint density at radius 1 is 0.974 bits per heavy atom. The molecule has 1 amide bonds. The number of nitrogens with zero attached hydrogens (tertiary/aromatic N) is 1. The minimum absolute atomic E-state index is 0.0157. The highest BCUT2D eigenvalue weighted by Crippen LogP contribution is 2.41. The number of piperidine rings is 1. The number of unbranched alkanes of at least 4 members (excludes halogenated alkanes) is 3. The van der Waals surface area contributed by atoms with Crippen LogP contribution in [0.15, 0.2) is 48.5 Å². The van der Waals surface area contributed by atoms with Gasteiger partial charge in [-0.25, -0.2) is 0 Å². The van der Waals surface area contributed by atoms with Crippen molar-refractivity contribution in [1.29, 1.82) is 0 Å². The zero-order valence-electron chi connectivity index (χ0n) is 24.1. The van der Waals surface area contributed by atoms with Gasteiger partial charge in [-0.15, -0.1) is 0 Å². The smallest absolute Gasteiger partial charge is 0.305 e. The number of hydrogen-bond donors (Lipinski definition) is 0. The molecule has 1 heterocycles. The lowest BCUT2D eigenvalue weighted by atomic mass is 9.79. The van der Waals surface area contributed by atoms with E-state index in [1.807, 2.05) is 36.9 Å². The zero-order valence-corrected chi connectivity index (χ0v) is 24.1. The molecule has 0 spiro atoms. The summed E-state index contributed by atoms with van der Waals surface area (Å²) in [5, 5.41) is 0. The van der Waals surface area contributed by atoms with Crippen LogP contribution in [0.4, 0.5) is 0 Å². The molecule has 5 heteroatoms. The van der Waals surface area contributed by atoms with E-state index in [0.29, 0.717) is 38.8 Å². The summed E-state index contributed by atoms with van der Waals surface area (Å²) in [5.41, 5.74) is 3.36. The van der Waals surface area contributed by atoms with Crippen LogP contribution in [-0.4, -0.2) is 29.4 Å². The van der Waals surface area contributed by atoms with Gasteiger partial charge in [0.2, 0.25) is 5.91 Å². The van der Waals surface area contributed by atoms with E-state index in [9.17, 15) is 9.59 Å². The maximum atomic E-state index is 13.0. The summed E-state index contributed by atoms with van der Waals surface area (Å²) in [4.78, 5) is 27.0. The normalized spacial score (nSPS) is 17.8. The molecule has 1 aliphatic heterocycles. The zero-order chi connectivity index (χ0) is 27.5. The average molecular weight is 522 g/mol. The number of amides is 1. The van der Waals surface area contributed by atoms with Gasteiger partial charge in [0.15, 0.2) is 0 Å². The second-order valence-electron chi connectivity index (χ2n) is 11.2. The molecule has 1 aliphatic rings. The lowest BCUT2D eigenvalue weighted by molar-refractivity contribution is -0.153. The quantitative estimate of drug-likeness (QED) is 0.198. The maximum Gasteiger partial charge on any atom is 0.305 e. The summed E-state index contributed by atoms with van der Waals surface area (Å²) >= 11 is 0. The van der Waals surface area contributed by atoms with E-state index in [1.165, 1.54) is 31.2 Å². The van der Waals surface area contributed by atoms with Crippen LogP contribution in [0.25, 0.3) is 0 Å². The van der Waals surface area contributed by atoms with Gasteiger partial charge in [-0.2, -0.15) is 0 Å². The summed E-state index contributed by atoms with van der Waals surface area (Å²) in [6, 6.07) is 16.5. The second-order valence-corrected chi connectivity index (χ2v) is 11.2. The van der Waals surface area contributed by atoms with Crippen LogP contribution in [-0.2, 0) is 26.3 Å². The highest BCUT2D eigenvalue weighted by molar-refractivity contribution is 5.76. The monoisotopic (exact) mass is 521 g/mol. The molecule has 0 bridgehead atoms. The average Bonchev–Trinajstić information content (AvgIpc) is 2.94. The molecule has 0 saturated carbocycles. The Balaban J connectivity index is 1.95. The number of carbonyl (C=O) groups is 2. The van der Waals surface area contributed by atoms with Gasteiger partial charge in [0.25, 0.3) is 0 Å². The Labute approximate surface area is 229 Å². The largest absolute Gasteiger partial charge is 0.489 e. The van der Waals surface area contributed by atoms with Crippen LogP contribution in [0.1, 0.15) is 115 Å². The number of carbonyl (C=O) groups excluding carboxylic acids is 2. The minimum atomic E-state index is -0.204. The first kappa shape index (κ1) is 29.7. The summed E-state index contributed by atoms with van der Waals surface area (Å²) < 4.78 is 12.3. The molecule has 0 N–H and O–H groups in total. The third kappa shape index (κ3) is 8.09. The molecule has 2 aromatic rings. The summed E-state index contributed by atoms with van der Waals surface area (Å²) in [5.74, 6) is 0.740. The first-order valence-electron chi connectivity index (χ1n) is 14.6. The van der Waals surface area contributed by atoms with E-state index < -0.39 is 0 Å². The fourth-order valence-corrected chi connectivity index (χ4v) is 5.33. The Kier molecular flexibility index (Phi) is 11.2. The van der Waals surface area contributed by atoms with Gasteiger partial charge in [0, 0.05) is 37.8 Å². The highest BCUT2D eigenvalue weighted by Gasteiger charge is 2.36. The summed E-state index contributed by atoms with van der Waals surface area (Å²) in [7, 11) is 0. The standard InChI is InChI=1S/C33H47NO4/c1-6-9-10-14-20-33(4,5)26-17-18-28(30(22-26)37-24-25-15-12-11-13-16-25)29-23-27(38-32(36)8-3)19-21-34(29)31(35)7-2/h11-13,15-18,22,27,29H,6-10,14,19-21,23-24H2,1-5H3/t27-,29+/m1/s1. The molecule has 1 fully saturated rings. The van der Waals surface area contributed by atoms with Crippen molar-refractivity contribution in [3.63, 3.8) is 0 Å². The van der Waals surface area contributed by atoms with Crippen molar-refractivity contribution in [2.45, 2.75) is 117 Å². The van der Waals surface area contributed by atoms with Crippen LogP contribution >= 0.6 is 0 Å². The Morgan fingerprint density at radius 2 is 1.74 bits per heavy atom. The van der Waals surface area contributed by atoms with E-state index in [4.69, 9.17) is 9.47 Å². The lowest BCUT2D eigenvalue weighted by Crippen LogP contribution is -2.43. The van der Waals surface area contributed by atoms with Crippen molar-refractivity contribution < 1.29 is 19.1 Å². The van der Waals surface area contributed by atoms with Crippen molar-refractivity contribution >= 4 is 11.9 Å². The van der Waals surface area contributed by atoms with Crippen LogP contribution in [0.5, 0.6) is 5.75 Å². The second kappa shape index (κ2) is 14.4. The predicted octanol–water partition coefficient (Wildman–Crippen LogP) is 7.91. The molecule has 208 valence electrons. The Bertz CT molecular complexity index is 1030. The molecule has 0 aromatic heterocycles. The number of rotatable bonds is 13. The molecule has 2 aromatic carbocycles. The third-order valence-electron chi connectivity index (χ3n) is 7.81. The first-order valence-corrected chi connectivity index (χ1v) is 14.6. The van der Waals surface area contributed by atoms with E-state index in [1.54, 1.807) is 0 Å². The topological polar surface area (TPSA) is 55.8 Å². The van der Waals surface area contributed by atoms with Crippen molar-refractivity contribution in [3.05, 3.63) is 65.2 Å². The van der Waals surface area contributed by atoms with Gasteiger partial charge in [-0.1, -0.05) is 103 Å². The van der Waals surface area contributed by atoms with Crippen molar-refractivity contribution in [2.24, 2.45) is 0 Å². The van der Waals surface area contributed by atoms with Gasteiger partial charge in [-0.05, 0) is 29.0 Å².